The van der Waals surface area contributed by atoms with E-state index in [1.54, 1.807) is 6.07 Å². The van der Waals surface area contributed by atoms with Crippen LogP contribution in [0.15, 0.2) is 46.3 Å². The Balaban J connectivity index is 1.52. The first-order chi connectivity index (χ1) is 16.1. The van der Waals surface area contributed by atoms with Crippen molar-refractivity contribution in [2.75, 3.05) is 13.1 Å². The molecule has 0 saturated carbocycles. The van der Waals surface area contributed by atoms with Gasteiger partial charge in [0, 0.05) is 13.1 Å². The summed E-state index contributed by atoms with van der Waals surface area (Å²) in [5.41, 5.74) is -1.11. The number of aliphatic imine (C=N–C) groups is 1. The Kier molecular flexibility index (Phi) is 6.63. The molecule has 1 unspecified atom stereocenters. The predicted octanol–water partition coefficient (Wildman–Crippen LogP) is 4.94. The molecule has 0 spiro atoms. The van der Waals surface area contributed by atoms with E-state index in [1.165, 1.54) is 12.1 Å². The van der Waals surface area contributed by atoms with Gasteiger partial charge in [-0.3, -0.25) is 4.79 Å². The SMILES string of the molecule is N#Cc1ccc(Oc2ccc(/C=C3\SC(N4CCCC(O)C4)=NC3=O)cc2F)c(C(F)(F)F)c1. The number of halogens is 4. The van der Waals surface area contributed by atoms with Crippen LogP contribution in [0.3, 0.4) is 0 Å². The van der Waals surface area contributed by atoms with Gasteiger partial charge in [-0.15, -0.1) is 0 Å². The van der Waals surface area contributed by atoms with Crippen LogP contribution in [-0.4, -0.2) is 40.3 Å². The highest BCUT2D eigenvalue weighted by Gasteiger charge is 2.35. The van der Waals surface area contributed by atoms with Crippen molar-refractivity contribution in [3.8, 4) is 17.6 Å². The number of amidine groups is 1. The van der Waals surface area contributed by atoms with Crippen LogP contribution < -0.4 is 4.74 Å². The molecule has 34 heavy (non-hydrogen) atoms. The number of alkyl halides is 3. The summed E-state index contributed by atoms with van der Waals surface area (Å²) in [6, 6.07) is 7.96. The number of β-amino-alcohol motifs (C(OH)–C–C–N with tert-alkyl or cyclic N) is 1. The first kappa shape index (κ1) is 23.8. The molecule has 0 aromatic heterocycles. The molecule has 2 aliphatic rings. The van der Waals surface area contributed by atoms with Gasteiger partial charge in [-0.25, -0.2) is 4.39 Å². The van der Waals surface area contributed by atoms with Crippen LogP contribution in [0.1, 0.15) is 29.5 Å². The van der Waals surface area contributed by atoms with Gasteiger partial charge in [0.2, 0.25) is 0 Å². The molecule has 0 aliphatic carbocycles. The van der Waals surface area contributed by atoms with E-state index in [0.717, 1.165) is 42.4 Å². The van der Waals surface area contributed by atoms with E-state index in [0.29, 0.717) is 36.3 Å². The van der Waals surface area contributed by atoms with E-state index in [-0.39, 0.29) is 10.5 Å². The van der Waals surface area contributed by atoms with E-state index in [2.05, 4.69) is 4.99 Å². The zero-order valence-corrected chi connectivity index (χ0v) is 18.3. The molecule has 2 aromatic rings. The van der Waals surface area contributed by atoms with Gasteiger partial charge in [-0.05, 0) is 66.6 Å². The first-order valence-corrected chi connectivity index (χ1v) is 11.0. The Hall–Kier alpha value is -3.36. The first-order valence-electron chi connectivity index (χ1n) is 10.2. The number of rotatable bonds is 3. The van der Waals surface area contributed by atoms with Crippen molar-refractivity contribution in [1.29, 1.82) is 5.26 Å². The van der Waals surface area contributed by atoms with Gasteiger partial charge < -0.3 is 14.7 Å². The second-order valence-corrected chi connectivity index (χ2v) is 8.67. The molecule has 176 valence electrons. The lowest BCUT2D eigenvalue weighted by molar-refractivity contribution is -0.138. The number of piperidine rings is 1. The molecule has 2 heterocycles. The number of hydrogen-bond donors (Lipinski definition) is 1. The van der Waals surface area contributed by atoms with Gasteiger partial charge in [-0.2, -0.15) is 23.4 Å². The number of nitriles is 1. The maximum atomic E-state index is 14.6. The number of amides is 1. The molecule has 1 atom stereocenters. The van der Waals surface area contributed by atoms with Crippen molar-refractivity contribution in [1.82, 2.24) is 4.90 Å². The van der Waals surface area contributed by atoms with Crippen molar-refractivity contribution in [3.05, 3.63) is 63.8 Å². The maximum Gasteiger partial charge on any atom is 0.420 e. The fourth-order valence-corrected chi connectivity index (χ4v) is 4.48. The average Bonchev–Trinajstić information content (AvgIpc) is 3.15. The third kappa shape index (κ3) is 5.24. The summed E-state index contributed by atoms with van der Waals surface area (Å²) in [7, 11) is 0. The number of ether oxygens (including phenoxy) is 1. The Morgan fingerprint density at radius 3 is 2.68 bits per heavy atom. The molecule has 0 radical (unpaired) electrons. The Morgan fingerprint density at radius 2 is 2.00 bits per heavy atom. The van der Waals surface area contributed by atoms with Crippen LogP contribution in [0.5, 0.6) is 11.5 Å². The summed E-state index contributed by atoms with van der Waals surface area (Å²) in [4.78, 5) is 18.4. The second-order valence-electron chi connectivity index (χ2n) is 7.66. The number of hydrogen-bond acceptors (Lipinski definition) is 6. The Labute approximate surface area is 196 Å². The number of thioether (sulfide) groups is 1. The molecule has 11 heteroatoms. The minimum absolute atomic E-state index is 0.207. The van der Waals surface area contributed by atoms with Crippen molar-refractivity contribution < 1.29 is 32.2 Å². The number of likely N-dealkylation sites (tertiary alicyclic amines) is 1. The number of aliphatic hydroxyl groups excluding tert-OH is 1. The second kappa shape index (κ2) is 9.48. The highest BCUT2D eigenvalue weighted by molar-refractivity contribution is 8.18. The molecule has 2 aromatic carbocycles. The van der Waals surface area contributed by atoms with Gasteiger partial charge in [0.1, 0.15) is 5.75 Å². The smallest absolute Gasteiger partial charge is 0.420 e. The summed E-state index contributed by atoms with van der Waals surface area (Å²) < 4.78 is 59.8. The fraction of sp³-hybridized carbons (Fsp3) is 0.261. The molecule has 0 bridgehead atoms. The van der Waals surface area contributed by atoms with Gasteiger partial charge in [0.15, 0.2) is 16.7 Å². The Bertz CT molecular complexity index is 1240. The van der Waals surface area contributed by atoms with Crippen LogP contribution in [0.25, 0.3) is 6.08 Å². The van der Waals surface area contributed by atoms with Gasteiger partial charge in [-0.1, -0.05) is 6.07 Å². The van der Waals surface area contributed by atoms with Crippen LogP contribution in [0, 0.1) is 17.1 Å². The van der Waals surface area contributed by atoms with Crippen molar-refractivity contribution in [3.63, 3.8) is 0 Å². The topological polar surface area (TPSA) is 85.9 Å². The third-order valence-corrected chi connectivity index (χ3v) is 6.21. The average molecular weight is 491 g/mol. The lowest BCUT2D eigenvalue weighted by Gasteiger charge is -2.30. The monoisotopic (exact) mass is 491 g/mol. The normalized spacial score (nSPS) is 19.8. The van der Waals surface area contributed by atoms with Crippen molar-refractivity contribution in [2.24, 2.45) is 4.99 Å². The van der Waals surface area contributed by atoms with E-state index in [9.17, 15) is 27.5 Å². The molecule has 1 saturated heterocycles. The molecule has 1 amide bonds. The quantitative estimate of drug-likeness (QED) is 0.484. The van der Waals surface area contributed by atoms with Gasteiger partial charge in [0.25, 0.3) is 5.91 Å². The van der Waals surface area contributed by atoms with E-state index in [1.807, 2.05) is 4.90 Å². The summed E-state index contributed by atoms with van der Waals surface area (Å²) in [5, 5.41) is 19.1. The van der Waals surface area contributed by atoms with Crippen LogP contribution in [-0.2, 0) is 11.0 Å². The predicted molar refractivity (Wildman–Crippen MR) is 117 cm³/mol. The number of carbonyl (C=O) groups is 1. The minimum atomic E-state index is -4.80. The molecule has 4 rings (SSSR count). The molecule has 6 nitrogen and oxygen atoms in total. The zero-order chi connectivity index (χ0) is 24.5. The Morgan fingerprint density at radius 1 is 1.24 bits per heavy atom. The molecular formula is C23H17F4N3O3S. The fourth-order valence-electron chi connectivity index (χ4n) is 3.53. The molecule has 1 fully saturated rings. The van der Waals surface area contributed by atoms with E-state index < -0.39 is 41.1 Å². The lowest BCUT2D eigenvalue weighted by atomic mass is 10.1. The van der Waals surface area contributed by atoms with Gasteiger partial charge >= 0.3 is 6.18 Å². The summed E-state index contributed by atoms with van der Waals surface area (Å²) in [6.45, 7) is 1.04. The maximum absolute atomic E-state index is 14.6. The molecular weight excluding hydrogens is 474 g/mol. The lowest BCUT2D eigenvalue weighted by Crippen LogP contribution is -2.40. The van der Waals surface area contributed by atoms with Crippen molar-refractivity contribution in [2.45, 2.75) is 25.1 Å². The number of carbonyl (C=O) groups excluding carboxylic acids is 1. The highest BCUT2D eigenvalue weighted by Crippen LogP contribution is 2.39. The van der Waals surface area contributed by atoms with E-state index >= 15 is 0 Å². The van der Waals surface area contributed by atoms with Gasteiger partial charge in [0.05, 0.1) is 28.2 Å². The number of aliphatic hydroxyl groups is 1. The van der Waals surface area contributed by atoms with Crippen molar-refractivity contribution >= 4 is 28.9 Å². The zero-order valence-electron chi connectivity index (χ0n) is 17.5. The van der Waals surface area contributed by atoms with Crippen LogP contribution in [0.2, 0.25) is 0 Å². The third-order valence-electron chi connectivity index (χ3n) is 5.16. The highest BCUT2D eigenvalue weighted by atomic mass is 32.2. The number of benzene rings is 2. The standard InChI is InChI=1S/C23H17F4N3O3S/c24-17-9-13(10-20-21(32)29-22(34-20)30-7-1-2-15(31)12-30)3-6-19(17)33-18-5-4-14(11-28)8-16(18)23(25,26)27/h3-6,8-10,15,31H,1-2,7,12H2/b20-10-. The van der Waals surface area contributed by atoms with Crippen LogP contribution in [0.4, 0.5) is 17.6 Å². The van der Waals surface area contributed by atoms with Crippen LogP contribution >= 0.6 is 11.8 Å². The summed E-state index contributed by atoms with van der Waals surface area (Å²) in [6.07, 6.45) is -2.40. The molecule has 2 aliphatic heterocycles. The van der Waals surface area contributed by atoms with E-state index in [4.69, 9.17) is 10.00 Å². The molecule has 1 N–H and O–H groups in total. The minimum Gasteiger partial charge on any atom is -0.454 e. The summed E-state index contributed by atoms with van der Waals surface area (Å²) >= 11 is 1.11. The largest absolute Gasteiger partial charge is 0.454 e. The number of nitrogens with zero attached hydrogens (tertiary/aromatic N) is 3. The summed E-state index contributed by atoms with van der Waals surface area (Å²) in [5.74, 6) is -2.50.